The lowest BCUT2D eigenvalue weighted by Gasteiger charge is -2.49. The second kappa shape index (κ2) is 15.0. The molecule has 6 unspecified atom stereocenters. The average molecular weight is 596 g/mol. The van der Waals surface area contributed by atoms with Gasteiger partial charge in [0.2, 0.25) is 0 Å². The maximum absolute atomic E-state index is 10.6. The number of fused-ring (bicyclic) bond motifs is 2. The van der Waals surface area contributed by atoms with Crippen LogP contribution in [0.25, 0.3) is 10.4 Å². The molecule has 4 aliphatic heterocycles. The van der Waals surface area contributed by atoms with E-state index in [4.69, 9.17) is 62.4 Å². The highest BCUT2D eigenvalue weighted by Gasteiger charge is 2.56. The van der Waals surface area contributed by atoms with Gasteiger partial charge in [0.1, 0.15) is 67.1 Å². The number of rotatable bonds is 13. The van der Waals surface area contributed by atoms with Crippen molar-refractivity contribution in [3.05, 3.63) is 10.4 Å². The summed E-state index contributed by atoms with van der Waals surface area (Å²) in [5.74, 6) is 0. The van der Waals surface area contributed by atoms with Crippen molar-refractivity contribution in [2.75, 3.05) is 62.5 Å². The third-order valence-electron chi connectivity index (χ3n) is 7.89. The van der Waals surface area contributed by atoms with E-state index in [1.54, 1.807) is 0 Å². The van der Waals surface area contributed by atoms with Crippen molar-refractivity contribution in [1.82, 2.24) is 0 Å². The van der Waals surface area contributed by atoms with Crippen LogP contribution in [-0.2, 0) is 56.8 Å². The molecule has 4 saturated heterocycles. The van der Waals surface area contributed by atoms with Crippen LogP contribution in [0.1, 0.15) is 0 Å². The Morgan fingerprint density at radius 1 is 0.756 bits per heavy atom. The second-order valence-corrected chi connectivity index (χ2v) is 9.99. The highest BCUT2D eigenvalue weighted by Crippen LogP contribution is 2.38. The molecule has 0 amide bonds. The first-order chi connectivity index (χ1) is 19.9. The lowest BCUT2D eigenvalue weighted by Crippen LogP contribution is -2.67. The van der Waals surface area contributed by atoms with Gasteiger partial charge >= 0.3 is 0 Å². The summed E-state index contributed by atoms with van der Waals surface area (Å²) < 4.78 is 70.4. The summed E-state index contributed by atoms with van der Waals surface area (Å²) in [6, 6.07) is -0.791. The maximum atomic E-state index is 10.6. The fourth-order valence-electron chi connectivity index (χ4n) is 5.92. The summed E-state index contributed by atoms with van der Waals surface area (Å²) in [4.78, 5) is 2.91. The van der Waals surface area contributed by atoms with Gasteiger partial charge in [-0.3, -0.25) is 0 Å². The molecule has 236 valence electrons. The van der Waals surface area contributed by atoms with Crippen LogP contribution < -0.4 is 0 Å². The van der Waals surface area contributed by atoms with Crippen LogP contribution in [0, 0.1) is 0 Å². The number of hydrogen-bond acceptors (Lipinski definition) is 15. The van der Waals surface area contributed by atoms with Crippen LogP contribution in [0.4, 0.5) is 0 Å². The van der Waals surface area contributed by atoms with Crippen molar-refractivity contribution in [3.63, 3.8) is 0 Å². The minimum absolute atomic E-state index is 0.0653. The number of aliphatic hydroxyl groups excluding tert-OH is 2. The van der Waals surface area contributed by atoms with Crippen molar-refractivity contribution in [1.29, 1.82) is 0 Å². The quantitative estimate of drug-likeness (QED) is 0.145. The van der Waals surface area contributed by atoms with E-state index >= 15 is 0 Å². The smallest absolute Gasteiger partial charge is 0.187 e. The highest BCUT2D eigenvalue weighted by molar-refractivity contribution is 5.01. The van der Waals surface area contributed by atoms with Crippen LogP contribution in [0.3, 0.4) is 0 Å². The van der Waals surface area contributed by atoms with Crippen molar-refractivity contribution < 1.29 is 67.1 Å². The van der Waals surface area contributed by atoms with Gasteiger partial charge < -0.3 is 67.1 Å². The van der Waals surface area contributed by atoms with Gasteiger partial charge in [0, 0.05) is 47.6 Å². The normalized spacial score (nSPS) is 46.3. The summed E-state index contributed by atoms with van der Waals surface area (Å²) in [7, 11) is 8.80. The van der Waals surface area contributed by atoms with Crippen LogP contribution in [0.5, 0.6) is 0 Å². The van der Waals surface area contributed by atoms with Crippen LogP contribution in [0.15, 0.2) is 5.11 Å². The summed E-state index contributed by atoms with van der Waals surface area (Å²) >= 11 is 0. The molecular weight excluding hydrogens is 554 g/mol. The Labute approximate surface area is 237 Å². The van der Waals surface area contributed by atoms with Crippen LogP contribution in [0.2, 0.25) is 0 Å². The molecule has 17 nitrogen and oxygen atoms in total. The molecule has 0 aliphatic carbocycles. The second-order valence-electron chi connectivity index (χ2n) is 9.99. The van der Waals surface area contributed by atoms with Crippen LogP contribution in [-0.4, -0.2) is 165 Å². The van der Waals surface area contributed by atoms with Gasteiger partial charge in [-0.1, -0.05) is 5.11 Å². The zero-order valence-electron chi connectivity index (χ0n) is 23.9. The predicted molar refractivity (Wildman–Crippen MR) is 134 cm³/mol. The van der Waals surface area contributed by atoms with E-state index in [-0.39, 0.29) is 13.2 Å². The zero-order valence-corrected chi connectivity index (χ0v) is 23.9. The Kier molecular flexibility index (Phi) is 11.9. The van der Waals surface area contributed by atoms with Crippen molar-refractivity contribution >= 4 is 0 Å². The first-order valence-corrected chi connectivity index (χ1v) is 13.3. The molecule has 0 aromatic heterocycles. The van der Waals surface area contributed by atoms with E-state index in [0.717, 1.165) is 0 Å². The molecule has 0 aromatic rings. The fourth-order valence-corrected chi connectivity index (χ4v) is 5.92. The maximum Gasteiger partial charge on any atom is 0.187 e. The summed E-state index contributed by atoms with van der Waals surface area (Å²) in [6.45, 7) is -0.208. The van der Waals surface area contributed by atoms with E-state index in [1.807, 2.05) is 0 Å². The number of methoxy groups -OCH3 is 6. The minimum Gasteiger partial charge on any atom is -0.394 e. The summed E-state index contributed by atoms with van der Waals surface area (Å²) in [5.41, 5.74) is 9.09. The minimum atomic E-state index is -1.16. The number of hydrogen-bond donors (Lipinski definition) is 2. The van der Waals surface area contributed by atoms with Gasteiger partial charge in [-0.05, 0) is 5.53 Å². The third-order valence-corrected chi connectivity index (χ3v) is 7.89. The van der Waals surface area contributed by atoms with E-state index < -0.39 is 98.7 Å². The van der Waals surface area contributed by atoms with E-state index in [1.165, 1.54) is 42.7 Å². The Balaban J connectivity index is 1.59. The first-order valence-electron chi connectivity index (χ1n) is 13.3. The average Bonchev–Trinajstić information content (AvgIpc) is 3.42. The van der Waals surface area contributed by atoms with Gasteiger partial charge in [-0.15, -0.1) is 0 Å². The molecule has 4 fully saturated rings. The monoisotopic (exact) mass is 595 g/mol. The molecule has 41 heavy (non-hydrogen) atoms. The Hall–Kier alpha value is -1.25. The molecule has 0 radical (unpaired) electrons. The van der Waals surface area contributed by atoms with Gasteiger partial charge in [-0.2, -0.15) is 0 Å². The van der Waals surface area contributed by atoms with E-state index in [2.05, 4.69) is 10.0 Å². The molecule has 2 N–H and O–H groups in total. The van der Waals surface area contributed by atoms with Crippen molar-refractivity contribution in [3.8, 4) is 0 Å². The lowest BCUT2D eigenvalue weighted by atomic mass is 9.95. The van der Waals surface area contributed by atoms with E-state index in [9.17, 15) is 10.2 Å². The van der Waals surface area contributed by atoms with Gasteiger partial charge in [0.05, 0.1) is 25.9 Å². The number of nitrogens with zero attached hydrogens (tertiary/aromatic N) is 3. The molecular formula is C24H41N3O14. The standard InChI is InChI=1S/C24H41N3O14/c1-30-8-11-16(41-23-20(34-5)18(32-3)14(29)10(7-28)37-23)19(33-4)21(35-6)24(39-11)40-15-12-9-36-22(38-12)13(26-27-25)17(15)31-2/h10-24,28-29H,7-9H2,1-6H3/t10-,11-,12?,13?,14+,15-,16+,17-,18?,19?,20?,21?,22+,23+,24-/m0/s1. The molecule has 15 atom stereocenters. The first kappa shape index (κ1) is 32.7. The largest absolute Gasteiger partial charge is 0.394 e. The lowest BCUT2D eigenvalue weighted by molar-refractivity contribution is -0.375. The molecule has 4 heterocycles. The van der Waals surface area contributed by atoms with Crippen molar-refractivity contribution in [2.45, 2.75) is 92.1 Å². The number of ether oxygens (including phenoxy) is 12. The van der Waals surface area contributed by atoms with Crippen LogP contribution >= 0.6 is 0 Å². The highest BCUT2D eigenvalue weighted by atomic mass is 16.8. The SMILES string of the molecule is COC[C@@H]1O[C@@H](O[C@H]2C3CO[C@H](O3)C(N=[N+]=[N-])[C@@H]2OC)C(OC)C(OC)[C@@H]1O[C@H]1O[C@@H](CO)[C@@H](O)C(OC)C1OC. The Bertz CT molecular complexity index is 869. The Morgan fingerprint density at radius 3 is 1.90 bits per heavy atom. The van der Waals surface area contributed by atoms with Gasteiger partial charge in [-0.25, -0.2) is 0 Å². The Morgan fingerprint density at radius 2 is 1.34 bits per heavy atom. The number of aliphatic hydroxyl groups is 2. The number of azide groups is 1. The molecule has 4 aliphatic rings. The summed E-state index contributed by atoms with van der Waals surface area (Å²) in [6.07, 6.45) is -11.9. The topological polar surface area (TPSA) is 200 Å². The van der Waals surface area contributed by atoms with Gasteiger partial charge in [0.15, 0.2) is 18.9 Å². The molecule has 2 bridgehead atoms. The predicted octanol–water partition coefficient (Wildman–Crippen LogP) is -1.28. The molecule has 0 saturated carbocycles. The molecule has 0 spiro atoms. The summed E-state index contributed by atoms with van der Waals surface area (Å²) in [5, 5.41) is 24.2. The molecule has 17 heteroatoms. The molecule has 4 rings (SSSR count). The van der Waals surface area contributed by atoms with E-state index in [0.29, 0.717) is 0 Å². The molecule has 0 aromatic carbocycles. The van der Waals surface area contributed by atoms with Gasteiger partial charge in [0.25, 0.3) is 0 Å². The van der Waals surface area contributed by atoms with Crippen molar-refractivity contribution in [2.24, 2.45) is 5.11 Å². The third kappa shape index (κ3) is 6.50. The fraction of sp³-hybridized carbons (Fsp3) is 1.00. The zero-order chi connectivity index (χ0) is 29.7.